The van der Waals surface area contributed by atoms with Crippen LogP contribution in [0.25, 0.3) is 0 Å². The van der Waals surface area contributed by atoms with Crippen LogP contribution < -0.4 is 15.7 Å². The fourth-order valence-electron chi connectivity index (χ4n) is 2.48. The smallest absolute Gasteiger partial charge is 0.205 e. The Morgan fingerprint density at radius 2 is 1.43 bits per heavy atom. The second-order valence-corrected chi connectivity index (χ2v) is 8.53. The Morgan fingerprint density at radius 3 is 1.83 bits per heavy atom. The van der Waals surface area contributed by atoms with E-state index in [4.69, 9.17) is 0 Å². The lowest BCUT2D eigenvalue weighted by atomic mass is 10.1. The summed E-state index contributed by atoms with van der Waals surface area (Å²) < 4.78 is 13.9. The maximum atomic E-state index is 13.9. The molecule has 23 heavy (non-hydrogen) atoms. The van der Waals surface area contributed by atoms with Gasteiger partial charge in [-0.2, -0.15) is 0 Å². The van der Waals surface area contributed by atoms with Crippen LogP contribution in [0.5, 0.6) is 0 Å². The van der Waals surface area contributed by atoms with Crippen LogP contribution in [0.1, 0.15) is 27.2 Å². The van der Waals surface area contributed by atoms with E-state index in [-0.39, 0.29) is 6.04 Å². The molecule has 0 unspecified atom stereocenters. The van der Waals surface area contributed by atoms with Gasteiger partial charge >= 0.3 is 0 Å². The molecular weight excluding hydrogens is 301 g/mol. The van der Waals surface area contributed by atoms with Crippen molar-refractivity contribution < 1.29 is 4.57 Å². The molecule has 0 spiro atoms. The average Bonchev–Trinajstić information content (AvgIpc) is 2.59. The van der Waals surface area contributed by atoms with Gasteiger partial charge in [0.25, 0.3) is 0 Å². The molecule has 0 radical (unpaired) electrons. The van der Waals surface area contributed by atoms with E-state index in [9.17, 15) is 4.57 Å². The molecule has 0 fully saturated rings. The van der Waals surface area contributed by atoms with Gasteiger partial charge in [-0.15, -0.1) is 0 Å². The van der Waals surface area contributed by atoms with Gasteiger partial charge in [-0.1, -0.05) is 69.3 Å². The molecule has 0 aliphatic rings. The molecule has 2 nitrogen and oxygen atoms in total. The summed E-state index contributed by atoms with van der Waals surface area (Å²) in [4.78, 5) is 0. The minimum atomic E-state index is -2.88. The minimum absolute atomic E-state index is 0.0706. The minimum Gasteiger partial charge on any atom is -0.297 e. The molecule has 0 saturated carbocycles. The highest BCUT2D eigenvalue weighted by atomic mass is 31.2. The first kappa shape index (κ1) is 17.7. The molecule has 0 aromatic heterocycles. The van der Waals surface area contributed by atoms with E-state index in [1.165, 1.54) is 0 Å². The lowest BCUT2D eigenvalue weighted by molar-refractivity contribution is 0.514. The summed E-state index contributed by atoms with van der Waals surface area (Å²) in [5.41, 5.74) is 0. The van der Waals surface area contributed by atoms with E-state index in [1.807, 2.05) is 60.7 Å². The van der Waals surface area contributed by atoms with Gasteiger partial charge in [0.1, 0.15) is 0 Å². The largest absolute Gasteiger partial charge is 0.297 e. The normalized spacial score (nSPS) is 13.6. The number of hydrogen-bond donors (Lipinski definition) is 1. The van der Waals surface area contributed by atoms with Gasteiger partial charge in [-0.25, -0.2) is 0 Å². The number of nitrogens with one attached hydrogen (secondary N) is 1. The molecule has 0 amide bonds. The van der Waals surface area contributed by atoms with Crippen molar-refractivity contribution in [1.29, 1.82) is 0 Å². The Hall–Kier alpha value is -1.63. The van der Waals surface area contributed by atoms with Crippen molar-refractivity contribution in [3.63, 3.8) is 0 Å². The van der Waals surface area contributed by atoms with Crippen molar-refractivity contribution in [2.75, 3.05) is 0 Å². The van der Waals surface area contributed by atoms with Gasteiger partial charge in [-0.05, 0) is 36.6 Å². The first-order valence-corrected chi connectivity index (χ1v) is 9.94. The van der Waals surface area contributed by atoms with Crippen LogP contribution in [-0.2, 0) is 4.57 Å². The number of allylic oxidation sites excluding steroid dienone is 1. The lowest BCUT2D eigenvalue weighted by Crippen LogP contribution is -2.37. The first-order valence-electron chi connectivity index (χ1n) is 8.23. The van der Waals surface area contributed by atoms with Crippen LogP contribution in [0.4, 0.5) is 0 Å². The van der Waals surface area contributed by atoms with Crippen LogP contribution in [-0.4, -0.2) is 6.04 Å². The predicted molar refractivity (Wildman–Crippen MR) is 101 cm³/mol. The highest BCUT2D eigenvalue weighted by molar-refractivity contribution is 7.76. The summed E-state index contributed by atoms with van der Waals surface area (Å²) in [6.45, 7) is 6.41. The zero-order valence-electron chi connectivity index (χ0n) is 14.1. The van der Waals surface area contributed by atoms with Crippen molar-refractivity contribution in [3.05, 3.63) is 72.8 Å². The van der Waals surface area contributed by atoms with Gasteiger partial charge < -0.3 is 0 Å². The van der Waals surface area contributed by atoms with Crippen molar-refractivity contribution >= 4 is 17.9 Å². The molecule has 2 aromatic carbocycles. The molecule has 2 aromatic rings. The summed E-state index contributed by atoms with van der Waals surface area (Å²) in [5, 5.41) is 5.16. The molecule has 0 heterocycles. The summed E-state index contributed by atoms with van der Waals surface area (Å²) >= 11 is 0. The van der Waals surface area contributed by atoms with Crippen LogP contribution in [0.3, 0.4) is 0 Å². The predicted octanol–water partition coefficient (Wildman–Crippen LogP) is 4.50. The Kier molecular flexibility index (Phi) is 6.38. The van der Waals surface area contributed by atoms with Crippen LogP contribution >= 0.6 is 7.29 Å². The zero-order chi connectivity index (χ0) is 16.7. The van der Waals surface area contributed by atoms with Crippen molar-refractivity contribution in [2.24, 2.45) is 5.92 Å². The maximum Gasteiger partial charge on any atom is 0.205 e. The van der Waals surface area contributed by atoms with Gasteiger partial charge in [0.15, 0.2) is 0 Å². The van der Waals surface area contributed by atoms with Crippen LogP contribution in [0, 0.1) is 5.92 Å². The maximum absolute atomic E-state index is 13.9. The fourth-order valence-corrected chi connectivity index (χ4v) is 5.07. The monoisotopic (exact) mass is 327 g/mol. The summed E-state index contributed by atoms with van der Waals surface area (Å²) in [7, 11) is -2.88. The molecule has 0 aliphatic heterocycles. The van der Waals surface area contributed by atoms with E-state index < -0.39 is 7.29 Å². The highest BCUT2D eigenvalue weighted by Gasteiger charge is 2.30. The summed E-state index contributed by atoms with van der Waals surface area (Å²) in [5.74, 6) is 0.360. The number of rotatable bonds is 7. The van der Waals surface area contributed by atoms with Crippen molar-refractivity contribution in [2.45, 2.75) is 33.2 Å². The van der Waals surface area contributed by atoms with E-state index in [0.29, 0.717) is 5.92 Å². The molecule has 0 bridgehead atoms. The molecule has 0 aliphatic carbocycles. The lowest BCUT2D eigenvalue weighted by Gasteiger charge is -2.27. The Labute approximate surface area is 140 Å². The molecule has 1 N–H and O–H groups in total. The van der Waals surface area contributed by atoms with Gasteiger partial charge in [0.05, 0.1) is 0 Å². The quantitative estimate of drug-likeness (QED) is 0.599. The van der Waals surface area contributed by atoms with Crippen LogP contribution in [0.2, 0.25) is 0 Å². The fraction of sp³-hybridized carbons (Fsp3) is 0.300. The van der Waals surface area contributed by atoms with Crippen LogP contribution in [0.15, 0.2) is 72.8 Å². The Morgan fingerprint density at radius 1 is 0.957 bits per heavy atom. The van der Waals surface area contributed by atoms with E-state index in [0.717, 1.165) is 17.0 Å². The van der Waals surface area contributed by atoms with E-state index in [2.05, 4.69) is 38.0 Å². The second kappa shape index (κ2) is 8.29. The van der Waals surface area contributed by atoms with Gasteiger partial charge in [0, 0.05) is 16.7 Å². The first-order chi connectivity index (χ1) is 11.1. The van der Waals surface area contributed by atoms with E-state index >= 15 is 0 Å². The topological polar surface area (TPSA) is 29.1 Å². The number of hydrogen-bond acceptors (Lipinski definition) is 1. The van der Waals surface area contributed by atoms with Gasteiger partial charge in [-0.3, -0.25) is 9.65 Å². The SMILES string of the molecule is CC/C=C/[C@@H](NP(=O)(c1ccccc1)c1ccccc1)C(C)C. The summed E-state index contributed by atoms with van der Waals surface area (Å²) in [6.07, 6.45) is 5.26. The average molecular weight is 327 g/mol. The molecular formula is C20H26NOP. The summed E-state index contributed by atoms with van der Waals surface area (Å²) in [6, 6.07) is 19.5. The molecule has 2 rings (SSSR count). The molecule has 3 heteroatoms. The van der Waals surface area contributed by atoms with Crippen molar-refractivity contribution in [1.82, 2.24) is 5.09 Å². The van der Waals surface area contributed by atoms with E-state index in [1.54, 1.807) is 0 Å². The molecule has 0 saturated heterocycles. The highest BCUT2D eigenvalue weighted by Crippen LogP contribution is 2.40. The molecule has 122 valence electrons. The number of benzene rings is 2. The zero-order valence-corrected chi connectivity index (χ0v) is 15.0. The third-order valence-electron chi connectivity index (χ3n) is 3.87. The molecule has 1 atom stereocenters. The van der Waals surface area contributed by atoms with Crippen molar-refractivity contribution in [3.8, 4) is 0 Å². The standard InChI is InChI=1S/C20H26NOP/c1-4-5-16-20(17(2)3)21-23(22,18-12-8-6-9-13-18)19-14-10-7-11-15-19/h5-17,20H,4H2,1-3H3,(H,21,22)/b16-5+/t20-/m1/s1. The van der Waals surface area contributed by atoms with Gasteiger partial charge in [0.2, 0.25) is 7.29 Å². The Balaban J connectivity index is 2.46. The third kappa shape index (κ3) is 4.43. The second-order valence-electron chi connectivity index (χ2n) is 6.02. The Bertz CT molecular complexity index is 621. The third-order valence-corrected chi connectivity index (χ3v) is 6.58.